The van der Waals surface area contributed by atoms with E-state index >= 15 is 0 Å². The molecule has 1 heterocycles. The Bertz CT molecular complexity index is 1580. The maximum Gasteiger partial charge on any atom is 0.255 e. The Kier molecular flexibility index (Phi) is 6.32. The van der Waals surface area contributed by atoms with Gasteiger partial charge in [-0.2, -0.15) is 0 Å². The standard InChI is InChI=1S/C30H22N4O2/c1-2-28(35)33-26-10-6-7-22(16-26)27-17-23(15-24-18-31-19-32-29(24)27)20-11-13-21(14-12-20)30(36)34-25-8-4-3-5-9-25/h2-19H,1H2,(H,33,35)(H,34,36). The molecule has 0 unspecified atom stereocenters. The summed E-state index contributed by atoms with van der Waals surface area (Å²) in [7, 11) is 0. The van der Waals surface area contributed by atoms with Gasteiger partial charge in [-0.1, -0.05) is 49.0 Å². The third-order valence-electron chi connectivity index (χ3n) is 5.75. The van der Waals surface area contributed by atoms with Crippen LogP contribution in [0.15, 0.2) is 116 Å². The molecule has 2 N–H and O–H groups in total. The molecule has 0 saturated carbocycles. The third kappa shape index (κ3) is 4.88. The Balaban J connectivity index is 1.50. The van der Waals surface area contributed by atoms with Gasteiger partial charge in [0.15, 0.2) is 0 Å². The average Bonchev–Trinajstić information content (AvgIpc) is 2.93. The SMILES string of the molecule is C=CC(=O)Nc1cccc(-c2cc(-c3ccc(C(=O)Nc4ccccc4)cc3)cc3cncnc23)c1. The molecule has 1 aromatic heterocycles. The maximum atomic E-state index is 12.6. The second kappa shape index (κ2) is 10.0. The molecular weight excluding hydrogens is 448 g/mol. The molecule has 0 spiro atoms. The van der Waals surface area contributed by atoms with Crippen molar-refractivity contribution in [1.82, 2.24) is 9.97 Å². The Morgan fingerprint density at radius 1 is 0.750 bits per heavy atom. The van der Waals surface area contributed by atoms with Crippen LogP contribution >= 0.6 is 0 Å². The quantitative estimate of drug-likeness (QED) is 0.284. The van der Waals surface area contributed by atoms with Crippen molar-refractivity contribution in [3.8, 4) is 22.3 Å². The molecule has 0 saturated heterocycles. The van der Waals surface area contributed by atoms with E-state index in [4.69, 9.17) is 0 Å². The molecular formula is C30H22N4O2. The normalized spacial score (nSPS) is 10.6. The fourth-order valence-electron chi connectivity index (χ4n) is 3.99. The Hall–Kier alpha value is -5.10. The number of aromatic nitrogens is 2. The van der Waals surface area contributed by atoms with E-state index in [0.29, 0.717) is 11.3 Å². The van der Waals surface area contributed by atoms with Crippen molar-refractivity contribution in [3.05, 3.63) is 122 Å². The molecule has 2 amide bonds. The minimum atomic E-state index is -0.274. The number of fused-ring (bicyclic) bond motifs is 1. The van der Waals surface area contributed by atoms with Crippen LogP contribution in [0.2, 0.25) is 0 Å². The van der Waals surface area contributed by atoms with Gasteiger partial charge in [-0.3, -0.25) is 9.59 Å². The molecule has 0 atom stereocenters. The molecule has 36 heavy (non-hydrogen) atoms. The van der Waals surface area contributed by atoms with E-state index in [2.05, 4.69) is 33.2 Å². The zero-order valence-electron chi connectivity index (χ0n) is 19.3. The summed E-state index contributed by atoms with van der Waals surface area (Å²) < 4.78 is 0. The topological polar surface area (TPSA) is 84.0 Å². The van der Waals surface area contributed by atoms with Gasteiger partial charge in [0.1, 0.15) is 6.33 Å². The second-order valence-electron chi connectivity index (χ2n) is 8.16. The predicted molar refractivity (Wildman–Crippen MR) is 144 cm³/mol. The molecule has 0 fully saturated rings. The monoisotopic (exact) mass is 470 g/mol. The van der Waals surface area contributed by atoms with Crippen molar-refractivity contribution >= 4 is 34.1 Å². The van der Waals surface area contributed by atoms with Crippen LogP contribution in [-0.4, -0.2) is 21.8 Å². The number of para-hydroxylation sites is 1. The number of benzene rings is 4. The molecule has 0 aliphatic carbocycles. The average molecular weight is 471 g/mol. The molecule has 0 aliphatic rings. The molecule has 5 rings (SSSR count). The van der Waals surface area contributed by atoms with Crippen LogP contribution in [0.3, 0.4) is 0 Å². The van der Waals surface area contributed by atoms with Crippen LogP contribution in [0.5, 0.6) is 0 Å². The smallest absolute Gasteiger partial charge is 0.255 e. The van der Waals surface area contributed by atoms with E-state index < -0.39 is 0 Å². The summed E-state index contributed by atoms with van der Waals surface area (Å²) in [4.78, 5) is 33.1. The van der Waals surface area contributed by atoms with E-state index in [9.17, 15) is 9.59 Å². The molecule has 5 aromatic rings. The lowest BCUT2D eigenvalue weighted by molar-refractivity contribution is -0.111. The summed E-state index contributed by atoms with van der Waals surface area (Å²) in [5.74, 6) is -0.441. The van der Waals surface area contributed by atoms with Crippen molar-refractivity contribution < 1.29 is 9.59 Å². The summed E-state index contributed by atoms with van der Waals surface area (Å²) in [5.41, 5.74) is 6.51. The van der Waals surface area contributed by atoms with E-state index in [-0.39, 0.29) is 11.8 Å². The van der Waals surface area contributed by atoms with Crippen LogP contribution in [0.1, 0.15) is 10.4 Å². The maximum absolute atomic E-state index is 12.6. The first-order chi connectivity index (χ1) is 17.6. The molecule has 4 aromatic carbocycles. The highest BCUT2D eigenvalue weighted by atomic mass is 16.2. The summed E-state index contributed by atoms with van der Waals surface area (Å²) in [6.07, 6.45) is 4.54. The molecule has 0 bridgehead atoms. The minimum Gasteiger partial charge on any atom is -0.323 e. The first kappa shape index (κ1) is 22.7. The number of carbonyl (C=O) groups is 2. The van der Waals surface area contributed by atoms with Crippen LogP contribution in [0, 0.1) is 0 Å². The van der Waals surface area contributed by atoms with Crippen molar-refractivity contribution in [1.29, 1.82) is 0 Å². The number of nitrogens with zero attached hydrogens (tertiary/aromatic N) is 2. The van der Waals surface area contributed by atoms with Gasteiger partial charge in [0.05, 0.1) is 5.52 Å². The summed E-state index contributed by atoms with van der Waals surface area (Å²) >= 11 is 0. The van der Waals surface area contributed by atoms with Crippen LogP contribution < -0.4 is 10.6 Å². The highest BCUT2D eigenvalue weighted by Crippen LogP contribution is 2.34. The van der Waals surface area contributed by atoms with Gasteiger partial charge in [0.25, 0.3) is 5.91 Å². The minimum absolute atomic E-state index is 0.168. The first-order valence-electron chi connectivity index (χ1n) is 11.4. The van der Waals surface area contributed by atoms with E-state index in [1.807, 2.05) is 84.9 Å². The van der Waals surface area contributed by atoms with Crippen molar-refractivity contribution in [2.75, 3.05) is 10.6 Å². The van der Waals surface area contributed by atoms with Crippen LogP contribution in [0.25, 0.3) is 33.2 Å². The van der Waals surface area contributed by atoms with Crippen molar-refractivity contribution in [2.45, 2.75) is 0 Å². The summed E-state index contributed by atoms with van der Waals surface area (Å²) in [6.45, 7) is 3.51. The van der Waals surface area contributed by atoms with Crippen molar-refractivity contribution in [2.24, 2.45) is 0 Å². The van der Waals surface area contributed by atoms with E-state index in [0.717, 1.165) is 38.8 Å². The number of hydrogen-bond donors (Lipinski definition) is 2. The van der Waals surface area contributed by atoms with Gasteiger partial charge >= 0.3 is 0 Å². The first-order valence-corrected chi connectivity index (χ1v) is 11.4. The Morgan fingerprint density at radius 2 is 1.53 bits per heavy atom. The fraction of sp³-hybridized carbons (Fsp3) is 0. The lowest BCUT2D eigenvalue weighted by atomic mass is 9.95. The fourth-order valence-corrected chi connectivity index (χ4v) is 3.99. The highest BCUT2D eigenvalue weighted by Gasteiger charge is 2.12. The number of amides is 2. The molecule has 174 valence electrons. The molecule has 0 aliphatic heterocycles. The van der Waals surface area contributed by atoms with Gasteiger partial charge in [0, 0.05) is 34.1 Å². The van der Waals surface area contributed by atoms with Crippen LogP contribution in [-0.2, 0) is 4.79 Å². The lowest BCUT2D eigenvalue weighted by Crippen LogP contribution is -2.11. The zero-order valence-corrected chi connectivity index (χ0v) is 19.3. The van der Waals surface area contributed by atoms with Gasteiger partial charge in [-0.15, -0.1) is 0 Å². The highest BCUT2D eigenvalue weighted by molar-refractivity contribution is 6.05. The van der Waals surface area contributed by atoms with Crippen molar-refractivity contribution in [3.63, 3.8) is 0 Å². The Labute approximate surface area is 208 Å². The number of hydrogen-bond acceptors (Lipinski definition) is 4. The summed E-state index contributed by atoms with van der Waals surface area (Å²) in [6, 6.07) is 28.5. The van der Waals surface area contributed by atoms with Gasteiger partial charge in [-0.25, -0.2) is 9.97 Å². The number of anilines is 2. The number of nitrogens with one attached hydrogen (secondary N) is 2. The molecule has 6 nitrogen and oxygen atoms in total. The van der Waals surface area contributed by atoms with Gasteiger partial charge in [-0.05, 0) is 71.3 Å². The largest absolute Gasteiger partial charge is 0.323 e. The van der Waals surface area contributed by atoms with E-state index in [1.165, 1.54) is 12.4 Å². The molecule has 6 heteroatoms. The zero-order chi connectivity index (χ0) is 24.9. The second-order valence-corrected chi connectivity index (χ2v) is 8.16. The Morgan fingerprint density at radius 3 is 2.31 bits per heavy atom. The summed E-state index contributed by atoms with van der Waals surface area (Å²) in [5, 5.41) is 6.59. The predicted octanol–water partition coefficient (Wildman–Crippen LogP) is 6.34. The van der Waals surface area contributed by atoms with E-state index in [1.54, 1.807) is 6.20 Å². The molecule has 0 radical (unpaired) electrons. The number of carbonyl (C=O) groups excluding carboxylic acids is 2. The third-order valence-corrected chi connectivity index (χ3v) is 5.75. The lowest BCUT2D eigenvalue weighted by Gasteiger charge is -2.12. The van der Waals surface area contributed by atoms with Crippen LogP contribution in [0.4, 0.5) is 11.4 Å². The number of rotatable bonds is 6. The van der Waals surface area contributed by atoms with Gasteiger partial charge in [0.2, 0.25) is 5.91 Å². The van der Waals surface area contributed by atoms with Gasteiger partial charge < -0.3 is 10.6 Å².